The van der Waals surface area contributed by atoms with Crippen LogP contribution in [0, 0.1) is 0 Å². The molecule has 0 aromatic carbocycles. The second-order valence-corrected chi connectivity index (χ2v) is 3.27. The molecule has 0 spiro atoms. The van der Waals surface area contributed by atoms with Gasteiger partial charge in [0, 0.05) is 0 Å². The number of hydrogen-bond donors (Lipinski definition) is 0. The van der Waals surface area contributed by atoms with E-state index >= 15 is 0 Å². The zero-order valence-corrected chi connectivity index (χ0v) is 7.82. The molecule has 0 bridgehead atoms. The number of nitrogens with zero attached hydrogens (tertiary/aromatic N) is 2. The molecule has 0 atom stereocenters. The van der Waals surface area contributed by atoms with E-state index in [1.165, 1.54) is 6.20 Å². The van der Waals surface area contributed by atoms with Crippen molar-refractivity contribution in [1.29, 1.82) is 0 Å². The third kappa shape index (κ3) is 2.04. The minimum atomic E-state index is 0.248. The van der Waals surface area contributed by atoms with Crippen LogP contribution in [0.25, 0.3) is 0 Å². The number of aromatic nitrogens is 2. The van der Waals surface area contributed by atoms with E-state index in [0.29, 0.717) is 5.02 Å². The van der Waals surface area contributed by atoms with Crippen LogP contribution >= 0.6 is 23.2 Å². The van der Waals surface area contributed by atoms with Gasteiger partial charge in [-0.2, -0.15) is 0 Å². The van der Waals surface area contributed by atoms with E-state index < -0.39 is 0 Å². The zero-order valence-electron chi connectivity index (χ0n) is 6.31. The van der Waals surface area contributed by atoms with E-state index in [4.69, 9.17) is 23.2 Å². The van der Waals surface area contributed by atoms with Crippen LogP contribution in [0.15, 0.2) is 6.20 Å². The van der Waals surface area contributed by atoms with Crippen molar-refractivity contribution in [2.45, 2.75) is 19.8 Å². The fourth-order valence-electron chi connectivity index (χ4n) is 0.763. The zero-order chi connectivity index (χ0) is 8.43. The number of rotatable bonds is 1. The Hall–Kier alpha value is -0.340. The predicted molar refractivity (Wildman–Crippen MR) is 46.1 cm³/mol. The number of hydrogen-bond acceptors (Lipinski definition) is 2. The van der Waals surface area contributed by atoms with Gasteiger partial charge in [-0.05, 0) is 17.5 Å². The van der Waals surface area contributed by atoms with Crippen LogP contribution in [-0.4, -0.2) is 9.97 Å². The highest BCUT2D eigenvalue weighted by atomic mass is 35.5. The molecule has 0 N–H and O–H groups in total. The summed E-state index contributed by atoms with van der Waals surface area (Å²) < 4.78 is 0. The molecule has 4 heteroatoms. The van der Waals surface area contributed by atoms with Gasteiger partial charge in [-0.15, -0.1) is 0 Å². The highest BCUT2D eigenvalue weighted by Gasteiger charge is 2.07. The first-order chi connectivity index (χ1) is 5.11. The lowest BCUT2D eigenvalue weighted by molar-refractivity contribution is 0.814. The molecule has 1 heterocycles. The first kappa shape index (κ1) is 8.75. The SMILES string of the molecule is CC(C)c1nc(Cl)ncc1Cl. The Balaban J connectivity index is 3.13. The van der Waals surface area contributed by atoms with Gasteiger partial charge in [-0.1, -0.05) is 25.4 Å². The van der Waals surface area contributed by atoms with Crippen molar-refractivity contribution in [3.05, 3.63) is 22.2 Å². The topological polar surface area (TPSA) is 25.8 Å². The van der Waals surface area contributed by atoms with Crippen LogP contribution in [-0.2, 0) is 0 Å². The molecule has 0 fully saturated rings. The molecule has 0 aliphatic heterocycles. The second kappa shape index (κ2) is 3.37. The maximum absolute atomic E-state index is 5.81. The fourth-order valence-corrected chi connectivity index (χ4v) is 1.21. The molecular formula is C7H8Cl2N2. The van der Waals surface area contributed by atoms with E-state index in [1.54, 1.807) is 0 Å². The molecule has 0 aliphatic carbocycles. The largest absolute Gasteiger partial charge is 0.225 e. The summed E-state index contributed by atoms with van der Waals surface area (Å²) in [6.45, 7) is 4.01. The van der Waals surface area contributed by atoms with Gasteiger partial charge in [0.2, 0.25) is 5.28 Å². The van der Waals surface area contributed by atoms with Crippen molar-refractivity contribution in [2.24, 2.45) is 0 Å². The van der Waals surface area contributed by atoms with Crippen molar-refractivity contribution in [3.63, 3.8) is 0 Å². The third-order valence-electron chi connectivity index (χ3n) is 1.29. The summed E-state index contributed by atoms with van der Waals surface area (Å²) in [6.07, 6.45) is 1.52. The molecule has 1 aromatic heterocycles. The lowest BCUT2D eigenvalue weighted by atomic mass is 10.1. The van der Waals surface area contributed by atoms with E-state index in [1.807, 2.05) is 13.8 Å². The molecule has 1 rings (SSSR count). The van der Waals surface area contributed by atoms with Crippen LogP contribution < -0.4 is 0 Å². The lowest BCUT2D eigenvalue weighted by Crippen LogP contribution is -1.95. The van der Waals surface area contributed by atoms with Crippen molar-refractivity contribution >= 4 is 23.2 Å². The molecule has 0 saturated carbocycles. The summed E-state index contributed by atoms with van der Waals surface area (Å²) >= 11 is 11.4. The van der Waals surface area contributed by atoms with Gasteiger partial charge >= 0.3 is 0 Å². The maximum Gasteiger partial charge on any atom is 0.222 e. The number of halogens is 2. The van der Waals surface area contributed by atoms with Gasteiger partial charge in [0.25, 0.3) is 0 Å². The van der Waals surface area contributed by atoms with Crippen molar-refractivity contribution in [3.8, 4) is 0 Å². The van der Waals surface area contributed by atoms with E-state index in [2.05, 4.69) is 9.97 Å². The highest BCUT2D eigenvalue weighted by Crippen LogP contribution is 2.21. The Morgan fingerprint density at radius 3 is 2.45 bits per heavy atom. The lowest BCUT2D eigenvalue weighted by Gasteiger charge is -2.05. The van der Waals surface area contributed by atoms with Crippen molar-refractivity contribution < 1.29 is 0 Å². The average molecular weight is 191 g/mol. The monoisotopic (exact) mass is 190 g/mol. The Kier molecular flexibility index (Phi) is 2.68. The van der Waals surface area contributed by atoms with E-state index in [-0.39, 0.29) is 11.2 Å². The summed E-state index contributed by atoms with van der Waals surface area (Å²) in [4.78, 5) is 7.74. The summed E-state index contributed by atoms with van der Waals surface area (Å²) in [6, 6.07) is 0. The molecule has 0 unspecified atom stereocenters. The van der Waals surface area contributed by atoms with Crippen LogP contribution in [0.1, 0.15) is 25.5 Å². The third-order valence-corrected chi connectivity index (χ3v) is 1.76. The van der Waals surface area contributed by atoms with Crippen LogP contribution in [0.5, 0.6) is 0 Å². The van der Waals surface area contributed by atoms with Crippen LogP contribution in [0.4, 0.5) is 0 Å². The van der Waals surface area contributed by atoms with Crippen molar-refractivity contribution in [2.75, 3.05) is 0 Å². The minimum absolute atomic E-state index is 0.248. The Labute approximate surface area is 75.6 Å². The first-order valence-electron chi connectivity index (χ1n) is 3.29. The summed E-state index contributed by atoms with van der Waals surface area (Å²) in [5.74, 6) is 0.281. The normalized spacial score (nSPS) is 10.6. The molecular weight excluding hydrogens is 183 g/mol. The molecule has 1 aromatic rings. The molecule has 0 saturated heterocycles. The molecule has 11 heavy (non-hydrogen) atoms. The summed E-state index contributed by atoms with van der Waals surface area (Å²) in [7, 11) is 0. The molecule has 0 amide bonds. The quantitative estimate of drug-likeness (QED) is 0.637. The van der Waals surface area contributed by atoms with Crippen LogP contribution in [0.3, 0.4) is 0 Å². The van der Waals surface area contributed by atoms with Crippen molar-refractivity contribution in [1.82, 2.24) is 9.97 Å². The first-order valence-corrected chi connectivity index (χ1v) is 4.04. The van der Waals surface area contributed by atoms with Crippen LogP contribution in [0.2, 0.25) is 10.3 Å². The smallest absolute Gasteiger partial charge is 0.222 e. The van der Waals surface area contributed by atoms with Gasteiger partial charge in [-0.3, -0.25) is 0 Å². The maximum atomic E-state index is 5.81. The summed E-state index contributed by atoms with van der Waals surface area (Å²) in [5.41, 5.74) is 0.798. The highest BCUT2D eigenvalue weighted by molar-refractivity contribution is 6.32. The van der Waals surface area contributed by atoms with E-state index in [9.17, 15) is 0 Å². The Bertz CT molecular complexity index is 261. The molecule has 0 aliphatic rings. The molecule has 0 radical (unpaired) electrons. The standard InChI is InChI=1S/C7H8Cl2N2/c1-4(2)6-5(8)3-10-7(9)11-6/h3-4H,1-2H3. The average Bonchev–Trinajstić information content (AvgIpc) is 1.94. The van der Waals surface area contributed by atoms with E-state index in [0.717, 1.165) is 5.69 Å². The predicted octanol–water partition coefficient (Wildman–Crippen LogP) is 2.91. The van der Waals surface area contributed by atoms with Gasteiger partial charge in [-0.25, -0.2) is 9.97 Å². The molecule has 2 nitrogen and oxygen atoms in total. The second-order valence-electron chi connectivity index (χ2n) is 2.53. The Morgan fingerprint density at radius 1 is 1.36 bits per heavy atom. The van der Waals surface area contributed by atoms with Gasteiger partial charge in [0.1, 0.15) is 0 Å². The summed E-state index contributed by atoms with van der Waals surface area (Å²) in [5, 5.41) is 0.822. The minimum Gasteiger partial charge on any atom is -0.225 e. The Morgan fingerprint density at radius 2 is 2.00 bits per heavy atom. The van der Waals surface area contributed by atoms with Gasteiger partial charge < -0.3 is 0 Å². The van der Waals surface area contributed by atoms with Gasteiger partial charge in [0.15, 0.2) is 0 Å². The fraction of sp³-hybridized carbons (Fsp3) is 0.429. The molecule has 60 valence electrons. The van der Waals surface area contributed by atoms with Gasteiger partial charge in [0.05, 0.1) is 16.9 Å².